The van der Waals surface area contributed by atoms with E-state index in [1.165, 1.54) is 39.2 Å². The Morgan fingerprint density at radius 2 is 1.82 bits per heavy atom. The number of rotatable bonds is 3. The van der Waals surface area contributed by atoms with Gasteiger partial charge in [-0.3, -0.25) is 10.1 Å². The quantitative estimate of drug-likeness (QED) is 0.769. The van der Waals surface area contributed by atoms with Crippen LogP contribution in [-0.2, 0) is 9.53 Å². The van der Waals surface area contributed by atoms with Crippen molar-refractivity contribution >= 4 is 5.97 Å². The Hall–Kier alpha value is -0.570. The van der Waals surface area contributed by atoms with Crippen LogP contribution in [0.4, 0.5) is 0 Å². The number of ether oxygens (including phenoxy) is 1. The molecule has 3 heteroatoms. The maximum atomic E-state index is 12.2. The zero-order valence-corrected chi connectivity index (χ0v) is 11.1. The van der Waals surface area contributed by atoms with E-state index in [2.05, 4.69) is 12.2 Å². The van der Waals surface area contributed by atoms with Crippen molar-refractivity contribution in [1.82, 2.24) is 5.32 Å². The van der Waals surface area contributed by atoms with Crippen molar-refractivity contribution in [3.63, 3.8) is 0 Å². The SMILES string of the molecule is COC(=O)C1(NC2CCCC2)CCCCC1C. The smallest absolute Gasteiger partial charge is 0.326 e. The minimum atomic E-state index is -0.401. The lowest BCUT2D eigenvalue weighted by atomic mass is 9.73. The van der Waals surface area contributed by atoms with Crippen LogP contribution >= 0.6 is 0 Å². The standard InChI is InChI=1S/C14H25NO2/c1-11-7-5-6-10-14(11,13(16)17-2)15-12-8-3-4-9-12/h11-12,15H,3-10H2,1-2H3. The first-order chi connectivity index (χ1) is 8.19. The van der Waals surface area contributed by atoms with Crippen LogP contribution in [0, 0.1) is 5.92 Å². The van der Waals surface area contributed by atoms with Crippen molar-refractivity contribution in [3.05, 3.63) is 0 Å². The van der Waals surface area contributed by atoms with Gasteiger partial charge in [0.15, 0.2) is 0 Å². The normalized spacial score (nSPS) is 34.8. The van der Waals surface area contributed by atoms with E-state index in [4.69, 9.17) is 4.74 Å². The van der Waals surface area contributed by atoms with Crippen LogP contribution in [-0.4, -0.2) is 24.7 Å². The third kappa shape index (κ3) is 2.49. The molecule has 0 bridgehead atoms. The number of esters is 1. The first-order valence-electron chi connectivity index (χ1n) is 7.05. The Labute approximate surface area is 104 Å². The molecule has 0 aromatic rings. The summed E-state index contributed by atoms with van der Waals surface area (Å²) in [5, 5.41) is 3.66. The third-order valence-electron chi connectivity index (χ3n) is 4.67. The Bertz CT molecular complexity index is 273. The van der Waals surface area contributed by atoms with Gasteiger partial charge in [0.1, 0.15) is 5.54 Å². The summed E-state index contributed by atoms with van der Waals surface area (Å²) in [6.45, 7) is 2.19. The number of methoxy groups -OCH3 is 1. The molecule has 0 saturated heterocycles. The summed E-state index contributed by atoms with van der Waals surface area (Å²) in [6, 6.07) is 0.523. The van der Waals surface area contributed by atoms with Crippen LogP contribution < -0.4 is 5.32 Å². The van der Waals surface area contributed by atoms with Gasteiger partial charge in [-0.2, -0.15) is 0 Å². The van der Waals surface area contributed by atoms with E-state index in [1.807, 2.05) is 0 Å². The average Bonchev–Trinajstić information content (AvgIpc) is 2.84. The summed E-state index contributed by atoms with van der Waals surface area (Å²) < 4.78 is 5.07. The minimum absolute atomic E-state index is 0.0448. The molecule has 2 aliphatic carbocycles. The molecule has 0 aliphatic heterocycles. The summed E-state index contributed by atoms with van der Waals surface area (Å²) in [5.74, 6) is 0.348. The van der Waals surface area contributed by atoms with Gasteiger partial charge >= 0.3 is 5.97 Å². The molecule has 2 saturated carbocycles. The molecular formula is C14H25NO2. The summed E-state index contributed by atoms with van der Waals surface area (Å²) in [4.78, 5) is 12.2. The molecule has 0 heterocycles. The van der Waals surface area contributed by atoms with Crippen LogP contribution in [0.2, 0.25) is 0 Å². The van der Waals surface area contributed by atoms with Crippen LogP contribution in [0.25, 0.3) is 0 Å². The van der Waals surface area contributed by atoms with Gasteiger partial charge in [-0.1, -0.05) is 32.6 Å². The first-order valence-corrected chi connectivity index (χ1v) is 7.05. The van der Waals surface area contributed by atoms with Gasteiger partial charge in [0, 0.05) is 6.04 Å². The monoisotopic (exact) mass is 239 g/mol. The van der Waals surface area contributed by atoms with E-state index in [0.717, 1.165) is 19.3 Å². The third-order valence-corrected chi connectivity index (χ3v) is 4.67. The highest BCUT2D eigenvalue weighted by Crippen LogP contribution is 2.36. The Kier molecular flexibility index (Phi) is 4.08. The van der Waals surface area contributed by atoms with Crippen molar-refractivity contribution in [2.75, 3.05) is 7.11 Å². The zero-order valence-electron chi connectivity index (χ0n) is 11.1. The van der Waals surface area contributed by atoms with Crippen molar-refractivity contribution in [3.8, 4) is 0 Å². The van der Waals surface area contributed by atoms with E-state index in [-0.39, 0.29) is 5.97 Å². The van der Waals surface area contributed by atoms with E-state index in [1.54, 1.807) is 0 Å². The predicted octanol–water partition coefficient (Wildman–Crippen LogP) is 2.64. The molecule has 0 amide bonds. The molecule has 2 aliphatic rings. The van der Waals surface area contributed by atoms with E-state index >= 15 is 0 Å². The number of carbonyl (C=O) groups is 1. The lowest BCUT2D eigenvalue weighted by Gasteiger charge is -2.42. The molecule has 0 radical (unpaired) electrons. The molecule has 17 heavy (non-hydrogen) atoms. The second-order valence-corrected chi connectivity index (χ2v) is 5.74. The number of hydrogen-bond acceptors (Lipinski definition) is 3. The minimum Gasteiger partial charge on any atom is -0.468 e. The second kappa shape index (κ2) is 5.38. The molecule has 0 spiro atoms. The molecule has 3 nitrogen and oxygen atoms in total. The van der Waals surface area contributed by atoms with Crippen molar-refractivity contribution in [2.24, 2.45) is 5.92 Å². The maximum Gasteiger partial charge on any atom is 0.326 e. The fraction of sp³-hybridized carbons (Fsp3) is 0.929. The molecule has 2 unspecified atom stereocenters. The fourth-order valence-electron chi connectivity index (χ4n) is 3.54. The molecule has 98 valence electrons. The summed E-state index contributed by atoms with van der Waals surface area (Å²) in [7, 11) is 1.52. The van der Waals surface area contributed by atoms with Gasteiger partial charge in [-0.15, -0.1) is 0 Å². The molecule has 2 rings (SSSR count). The number of hydrogen-bond donors (Lipinski definition) is 1. The zero-order chi connectivity index (χ0) is 12.3. The molecule has 1 N–H and O–H groups in total. The lowest BCUT2D eigenvalue weighted by Crippen LogP contribution is -2.61. The van der Waals surface area contributed by atoms with Crippen LogP contribution in [0.5, 0.6) is 0 Å². The summed E-state index contributed by atoms with van der Waals surface area (Å²) in [5.41, 5.74) is -0.401. The van der Waals surface area contributed by atoms with E-state index in [0.29, 0.717) is 12.0 Å². The van der Waals surface area contributed by atoms with Gasteiger partial charge in [0.2, 0.25) is 0 Å². The summed E-state index contributed by atoms with van der Waals surface area (Å²) in [6.07, 6.45) is 9.47. The van der Waals surface area contributed by atoms with Gasteiger partial charge < -0.3 is 4.74 Å². The van der Waals surface area contributed by atoms with Crippen molar-refractivity contribution < 1.29 is 9.53 Å². The van der Waals surface area contributed by atoms with Crippen LogP contribution in [0.1, 0.15) is 58.3 Å². The number of carbonyl (C=O) groups excluding carboxylic acids is 1. The Morgan fingerprint density at radius 1 is 1.18 bits per heavy atom. The Balaban J connectivity index is 2.12. The molecule has 0 aromatic heterocycles. The fourth-order valence-corrected chi connectivity index (χ4v) is 3.54. The van der Waals surface area contributed by atoms with Gasteiger partial charge in [-0.25, -0.2) is 0 Å². The highest BCUT2D eigenvalue weighted by molar-refractivity contribution is 5.81. The average molecular weight is 239 g/mol. The van der Waals surface area contributed by atoms with E-state index in [9.17, 15) is 4.79 Å². The highest BCUT2D eigenvalue weighted by Gasteiger charge is 2.47. The van der Waals surface area contributed by atoms with E-state index < -0.39 is 5.54 Å². The first kappa shape index (κ1) is 12.9. The van der Waals surface area contributed by atoms with Gasteiger partial charge in [0.05, 0.1) is 7.11 Å². The topological polar surface area (TPSA) is 38.3 Å². The van der Waals surface area contributed by atoms with Crippen LogP contribution in [0.15, 0.2) is 0 Å². The molecule has 2 fully saturated rings. The lowest BCUT2D eigenvalue weighted by molar-refractivity contribution is -0.153. The molecule has 0 aromatic carbocycles. The van der Waals surface area contributed by atoms with Crippen molar-refractivity contribution in [1.29, 1.82) is 0 Å². The molecular weight excluding hydrogens is 214 g/mol. The predicted molar refractivity (Wildman–Crippen MR) is 67.8 cm³/mol. The molecule has 2 atom stereocenters. The highest BCUT2D eigenvalue weighted by atomic mass is 16.5. The largest absolute Gasteiger partial charge is 0.468 e. The second-order valence-electron chi connectivity index (χ2n) is 5.74. The van der Waals surface area contributed by atoms with Crippen LogP contribution in [0.3, 0.4) is 0 Å². The maximum absolute atomic E-state index is 12.2. The van der Waals surface area contributed by atoms with Gasteiger partial charge in [0.25, 0.3) is 0 Å². The van der Waals surface area contributed by atoms with Gasteiger partial charge in [-0.05, 0) is 31.6 Å². The Morgan fingerprint density at radius 3 is 2.41 bits per heavy atom. The van der Waals surface area contributed by atoms with Crippen molar-refractivity contribution in [2.45, 2.75) is 69.9 Å². The number of nitrogens with one attached hydrogen (secondary N) is 1. The summed E-state index contributed by atoms with van der Waals surface area (Å²) >= 11 is 0.